The molecular formula is C13H22N2O. The lowest BCUT2D eigenvalue weighted by Gasteiger charge is -2.33. The molecule has 0 saturated heterocycles. The van der Waals surface area contributed by atoms with Crippen molar-refractivity contribution in [2.45, 2.75) is 38.8 Å². The van der Waals surface area contributed by atoms with Crippen molar-refractivity contribution < 1.29 is 4.74 Å². The van der Waals surface area contributed by atoms with Gasteiger partial charge in [-0.3, -0.25) is 4.98 Å². The molecule has 0 fully saturated rings. The van der Waals surface area contributed by atoms with Gasteiger partial charge in [0.05, 0.1) is 5.60 Å². The summed E-state index contributed by atoms with van der Waals surface area (Å²) in [6, 6.07) is 4.41. The van der Waals surface area contributed by atoms with E-state index < -0.39 is 0 Å². The number of hydrogen-bond acceptors (Lipinski definition) is 3. The van der Waals surface area contributed by atoms with E-state index in [1.807, 2.05) is 12.4 Å². The van der Waals surface area contributed by atoms with E-state index in [1.165, 1.54) is 5.56 Å². The first kappa shape index (κ1) is 13.1. The van der Waals surface area contributed by atoms with Crippen LogP contribution in [0.2, 0.25) is 0 Å². The molecule has 1 aromatic heterocycles. The van der Waals surface area contributed by atoms with Gasteiger partial charge in [-0.2, -0.15) is 0 Å². The summed E-state index contributed by atoms with van der Waals surface area (Å²) in [5, 5.41) is 3.48. The lowest BCUT2D eigenvalue weighted by molar-refractivity contribution is -0.00960. The fraction of sp³-hybridized carbons (Fsp3) is 0.615. The predicted octanol–water partition coefficient (Wildman–Crippen LogP) is 2.03. The summed E-state index contributed by atoms with van der Waals surface area (Å²) in [7, 11) is 1.76. The molecule has 16 heavy (non-hydrogen) atoms. The summed E-state index contributed by atoms with van der Waals surface area (Å²) in [4.78, 5) is 4.03. The minimum atomic E-state index is -0.167. The maximum atomic E-state index is 5.55. The van der Waals surface area contributed by atoms with Crippen LogP contribution in [0.15, 0.2) is 24.5 Å². The number of nitrogens with one attached hydrogen (secondary N) is 1. The monoisotopic (exact) mass is 222 g/mol. The SMILES string of the molecule is CCNC(Cc1ccncc1)C(C)(C)OC. The van der Waals surface area contributed by atoms with Crippen molar-refractivity contribution in [3.8, 4) is 0 Å². The molecule has 1 rings (SSSR count). The fourth-order valence-corrected chi connectivity index (χ4v) is 1.71. The number of rotatable bonds is 6. The quantitative estimate of drug-likeness (QED) is 0.799. The second-order valence-corrected chi connectivity index (χ2v) is 4.48. The molecule has 1 atom stereocenters. The fourth-order valence-electron chi connectivity index (χ4n) is 1.71. The van der Waals surface area contributed by atoms with Crippen LogP contribution in [0.25, 0.3) is 0 Å². The number of aromatic nitrogens is 1. The van der Waals surface area contributed by atoms with Gasteiger partial charge in [-0.25, -0.2) is 0 Å². The molecule has 0 aromatic carbocycles. The molecule has 90 valence electrons. The van der Waals surface area contributed by atoms with E-state index in [4.69, 9.17) is 4.74 Å². The molecule has 0 amide bonds. The molecule has 0 bridgehead atoms. The van der Waals surface area contributed by atoms with Crippen LogP contribution in [0.4, 0.5) is 0 Å². The third-order valence-electron chi connectivity index (χ3n) is 3.00. The van der Waals surface area contributed by atoms with E-state index in [2.05, 4.69) is 43.2 Å². The highest BCUT2D eigenvalue weighted by atomic mass is 16.5. The summed E-state index contributed by atoms with van der Waals surface area (Å²) < 4.78 is 5.55. The molecular weight excluding hydrogens is 200 g/mol. The molecule has 1 heterocycles. The number of ether oxygens (including phenoxy) is 1. The Morgan fingerprint density at radius 1 is 1.38 bits per heavy atom. The predicted molar refractivity (Wildman–Crippen MR) is 66.5 cm³/mol. The van der Waals surface area contributed by atoms with Gasteiger partial charge in [0.2, 0.25) is 0 Å². The third kappa shape index (κ3) is 3.58. The molecule has 3 heteroatoms. The van der Waals surface area contributed by atoms with Gasteiger partial charge in [0.25, 0.3) is 0 Å². The average molecular weight is 222 g/mol. The minimum Gasteiger partial charge on any atom is -0.377 e. The van der Waals surface area contributed by atoms with E-state index in [0.717, 1.165) is 13.0 Å². The Bertz CT molecular complexity index is 298. The first-order valence-corrected chi connectivity index (χ1v) is 5.77. The Morgan fingerprint density at radius 2 is 2.00 bits per heavy atom. The van der Waals surface area contributed by atoms with E-state index in [-0.39, 0.29) is 5.60 Å². The molecule has 0 aliphatic rings. The van der Waals surface area contributed by atoms with Crippen molar-refractivity contribution in [2.24, 2.45) is 0 Å². The van der Waals surface area contributed by atoms with Crippen LogP contribution in [-0.4, -0.2) is 30.3 Å². The molecule has 0 aliphatic carbocycles. The lowest BCUT2D eigenvalue weighted by Crippen LogP contribution is -2.49. The number of methoxy groups -OCH3 is 1. The van der Waals surface area contributed by atoms with Gasteiger partial charge >= 0.3 is 0 Å². The van der Waals surface area contributed by atoms with Crippen molar-refractivity contribution in [1.29, 1.82) is 0 Å². The molecule has 0 spiro atoms. The standard InChI is InChI=1S/C13H22N2O/c1-5-15-12(13(2,3)16-4)10-11-6-8-14-9-7-11/h6-9,12,15H,5,10H2,1-4H3. The highest BCUT2D eigenvalue weighted by Gasteiger charge is 2.28. The van der Waals surface area contributed by atoms with Crippen molar-refractivity contribution in [2.75, 3.05) is 13.7 Å². The largest absolute Gasteiger partial charge is 0.377 e. The number of hydrogen-bond donors (Lipinski definition) is 1. The Labute approximate surface area is 98.2 Å². The van der Waals surface area contributed by atoms with Gasteiger partial charge in [0.15, 0.2) is 0 Å². The van der Waals surface area contributed by atoms with Crippen LogP contribution >= 0.6 is 0 Å². The zero-order valence-electron chi connectivity index (χ0n) is 10.7. The van der Waals surface area contributed by atoms with Crippen molar-refractivity contribution in [3.63, 3.8) is 0 Å². The summed E-state index contributed by atoms with van der Waals surface area (Å²) in [6.45, 7) is 7.29. The Kier molecular flexibility index (Phi) is 4.90. The maximum absolute atomic E-state index is 5.55. The van der Waals surface area contributed by atoms with Gasteiger partial charge in [-0.05, 0) is 44.5 Å². The normalized spacial score (nSPS) is 13.8. The van der Waals surface area contributed by atoms with Crippen molar-refractivity contribution in [1.82, 2.24) is 10.3 Å². The summed E-state index contributed by atoms with van der Waals surface area (Å²) in [5.41, 5.74) is 1.12. The Balaban J connectivity index is 2.72. The smallest absolute Gasteiger partial charge is 0.0778 e. The van der Waals surface area contributed by atoms with E-state index >= 15 is 0 Å². The molecule has 0 aliphatic heterocycles. The first-order chi connectivity index (χ1) is 7.60. The average Bonchev–Trinajstić information content (AvgIpc) is 2.30. The van der Waals surface area contributed by atoms with E-state index in [9.17, 15) is 0 Å². The van der Waals surface area contributed by atoms with Crippen LogP contribution in [0.5, 0.6) is 0 Å². The van der Waals surface area contributed by atoms with Gasteiger partial charge in [0, 0.05) is 25.5 Å². The van der Waals surface area contributed by atoms with Gasteiger partial charge in [0.1, 0.15) is 0 Å². The molecule has 1 unspecified atom stereocenters. The molecule has 1 N–H and O–H groups in total. The van der Waals surface area contributed by atoms with Crippen molar-refractivity contribution >= 4 is 0 Å². The molecule has 0 saturated carbocycles. The van der Waals surface area contributed by atoms with E-state index in [0.29, 0.717) is 6.04 Å². The minimum absolute atomic E-state index is 0.167. The second kappa shape index (κ2) is 5.97. The highest BCUT2D eigenvalue weighted by molar-refractivity contribution is 5.12. The maximum Gasteiger partial charge on any atom is 0.0778 e. The zero-order chi connectivity index (χ0) is 12.0. The Hall–Kier alpha value is -0.930. The second-order valence-electron chi connectivity index (χ2n) is 4.48. The van der Waals surface area contributed by atoms with Gasteiger partial charge < -0.3 is 10.1 Å². The first-order valence-electron chi connectivity index (χ1n) is 5.77. The molecule has 3 nitrogen and oxygen atoms in total. The van der Waals surface area contributed by atoms with Gasteiger partial charge in [-0.1, -0.05) is 6.92 Å². The van der Waals surface area contributed by atoms with Crippen LogP contribution in [0.3, 0.4) is 0 Å². The molecule has 1 aromatic rings. The van der Waals surface area contributed by atoms with Crippen LogP contribution in [-0.2, 0) is 11.2 Å². The summed E-state index contributed by atoms with van der Waals surface area (Å²) in [6.07, 6.45) is 4.62. The molecule has 0 radical (unpaired) electrons. The van der Waals surface area contributed by atoms with Crippen molar-refractivity contribution in [3.05, 3.63) is 30.1 Å². The van der Waals surface area contributed by atoms with E-state index in [1.54, 1.807) is 7.11 Å². The summed E-state index contributed by atoms with van der Waals surface area (Å²) in [5.74, 6) is 0. The Morgan fingerprint density at radius 3 is 2.50 bits per heavy atom. The summed E-state index contributed by atoms with van der Waals surface area (Å²) >= 11 is 0. The topological polar surface area (TPSA) is 34.2 Å². The van der Waals surface area contributed by atoms with Crippen LogP contribution in [0.1, 0.15) is 26.3 Å². The highest BCUT2D eigenvalue weighted by Crippen LogP contribution is 2.17. The number of nitrogens with zero attached hydrogens (tertiary/aromatic N) is 1. The van der Waals surface area contributed by atoms with Crippen LogP contribution < -0.4 is 5.32 Å². The number of pyridine rings is 1. The van der Waals surface area contributed by atoms with Gasteiger partial charge in [-0.15, -0.1) is 0 Å². The van der Waals surface area contributed by atoms with Crippen LogP contribution in [0, 0.1) is 0 Å². The number of likely N-dealkylation sites (N-methyl/N-ethyl adjacent to an activating group) is 1. The lowest BCUT2D eigenvalue weighted by atomic mass is 9.92. The third-order valence-corrected chi connectivity index (χ3v) is 3.00. The zero-order valence-corrected chi connectivity index (χ0v) is 10.7.